The van der Waals surface area contributed by atoms with E-state index < -0.39 is 11.0 Å². The van der Waals surface area contributed by atoms with Gasteiger partial charge < -0.3 is 10.8 Å². The summed E-state index contributed by atoms with van der Waals surface area (Å²) in [6.45, 7) is 0.161. The maximum Gasteiger partial charge on any atom is 0.416 e. The van der Waals surface area contributed by atoms with Crippen LogP contribution in [0.4, 0.5) is 16.4 Å². The molecule has 3 heterocycles. The standard InChI is InChI=1S/C16H12N8O4/c17-15-18-12(11-5-2-6-22(11)16(25)26)13-14(19-15)23(21-20-13)8-9-3-1-4-10(7-9)24(27)28/h1-7H,8H2,(H,25,26)(H2,17,18,19). The van der Waals surface area contributed by atoms with Gasteiger partial charge in [0.2, 0.25) is 5.95 Å². The summed E-state index contributed by atoms with van der Waals surface area (Å²) in [5, 5.41) is 28.4. The zero-order valence-electron chi connectivity index (χ0n) is 14.1. The molecule has 12 heteroatoms. The van der Waals surface area contributed by atoms with Crippen LogP contribution in [0.15, 0.2) is 42.6 Å². The molecule has 0 saturated heterocycles. The van der Waals surface area contributed by atoms with Crippen LogP contribution in [0.3, 0.4) is 0 Å². The van der Waals surface area contributed by atoms with E-state index in [9.17, 15) is 20.0 Å². The van der Waals surface area contributed by atoms with Crippen molar-refractivity contribution < 1.29 is 14.8 Å². The summed E-state index contributed by atoms with van der Waals surface area (Å²) in [5.41, 5.74) is 7.42. The summed E-state index contributed by atoms with van der Waals surface area (Å²) >= 11 is 0. The summed E-state index contributed by atoms with van der Waals surface area (Å²) < 4.78 is 2.41. The average Bonchev–Trinajstić information content (AvgIpc) is 3.29. The molecule has 0 amide bonds. The maximum atomic E-state index is 11.4. The van der Waals surface area contributed by atoms with Crippen LogP contribution in [0.1, 0.15) is 5.56 Å². The quantitative estimate of drug-likeness (QED) is 0.395. The monoisotopic (exact) mass is 380 g/mol. The van der Waals surface area contributed by atoms with E-state index >= 15 is 0 Å². The number of carboxylic acid groups (broad SMARTS) is 1. The molecule has 1 aromatic carbocycles. The molecule has 12 nitrogen and oxygen atoms in total. The lowest BCUT2D eigenvalue weighted by Crippen LogP contribution is -2.10. The van der Waals surface area contributed by atoms with Crippen molar-refractivity contribution in [2.45, 2.75) is 6.54 Å². The number of hydrogen-bond acceptors (Lipinski definition) is 8. The highest BCUT2D eigenvalue weighted by molar-refractivity contribution is 5.89. The molecular formula is C16H12N8O4. The number of nitro groups is 1. The summed E-state index contributed by atoms with van der Waals surface area (Å²) in [6.07, 6.45) is 0.185. The largest absolute Gasteiger partial charge is 0.464 e. The van der Waals surface area contributed by atoms with Gasteiger partial charge in [0.25, 0.3) is 5.69 Å². The minimum atomic E-state index is -1.19. The smallest absolute Gasteiger partial charge is 0.416 e. The molecule has 4 rings (SSSR count). The van der Waals surface area contributed by atoms with E-state index in [4.69, 9.17) is 5.73 Å². The second-order valence-corrected chi connectivity index (χ2v) is 5.82. The molecule has 0 saturated carbocycles. The van der Waals surface area contributed by atoms with E-state index in [2.05, 4.69) is 20.3 Å². The van der Waals surface area contributed by atoms with E-state index in [1.54, 1.807) is 24.3 Å². The molecule has 0 fully saturated rings. The molecule has 0 atom stereocenters. The summed E-state index contributed by atoms with van der Waals surface area (Å²) in [7, 11) is 0. The van der Waals surface area contributed by atoms with Gasteiger partial charge in [-0.15, -0.1) is 5.10 Å². The first-order chi connectivity index (χ1) is 13.4. The lowest BCUT2D eigenvalue weighted by atomic mass is 10.2. The number of anilines is 1. The summed E-state index contributed by atoms with van der Waals surface area (Å²) in [5.74, 6) is -0.0803. The molecule has 140 valence electrons. The predicted octanol–water partition coefficient (Wildman–Crippen LogP) is 1.75. The van der Waals surface area contributed by atoms with E-state index in [0.717, 1.165) is 4.57 Å². The Hall–Kier alpha value is -4.35. The van der Waals surface area contributed by atoms with Gasteiger partial charge in [-0.3, -0.25) is 14.7 Å². The van der Waals surface area contributed by atoms with Crippen LogP contribution in [0, 0.1) is 10.1 Å². The number of hydrogen-bond donors (Lipinski definition) is 2. The molecule has 0 aliphatic rings. The van der Waals surface area contributed by atoms with Crippen molar-refractivity contribution in [3.8, 4) is 11.4 Å². The van der Waals surface area contributed by atoms with Crippen LogP contribution >= 0.6 is 0 Å². The zero-order valence-corrected chi connectivity index (χ0v) is 14.1. The molecule has 4 aromatic rings. The number of non-ortho nitro benzene ring substituents is 1. The number of aromatic nitrogens is 6. The first-order valence-electron chi connectivity index (χ1n) is 7.95. The molecule has 0 radical (unpaired) electrons. The summed E-state index contributed by atoms with van der Waals surface area (Å²) in [6, 6.07) is 9.22. The number of rotatable bonds is 4. The van der Waals surface area contributed by atoms with E-state index in [-0.39, 0.29) is 40.7 Å². The van der Waals surface area contributed by atoms with Crippen molar-refractivity contribution in [1.29, 1.82) is 0 Å². The topological polar surface area (TPSA) is 168 Å². The van der Waals surface area contributed by atoms with Crippen LogP contribution in [-0.4, -0.2) is 45.7 Å². The first kappa shape index (κ1) is 17.1. The van der Waals surface area contributed by atoms with E-state index in [1.807, 2.05) is 0 Å². The highest BCUT2D eigenvalue weighted by Crippen LogP contribution is 2.26. The highest BCUT2D eigenvalue weighted by Gasteiger charge is 2.20. The van der Waals surface area contributed by atoms with Crippen LogP contribution in [-0.2, 0) is 6.54 Å². The second-order valence-electron chi connectivity index (χ2n) is 5.82. The molecule has 0 aliphatic carbocycles. The third-order valence-corrected chi connectivity index (χ3v) is 4.03. The molecule has 0 bridgehead atoms. The highest BCUT2D eigenvalue weighted by atomic mass is 16.6. The number of nitrogens with two attached hydrogens (primary N) is 1. The maximum absolute atomic E-state index is 11.4. The van der Waals surface area contributed by atoms with Gasteiger partial charge in [0.05, 0.1) is 17.2 Å². The number of carbonyl (C=O) groups is 1. The fourth-order valence-electron chi connectivity index (χ4n) is 2.84. The van der Waals surface area contributed by atoms with Gasteiger partial charge >= 0.3 is 6.09 Å². The van der Waals surface area contributed by atoms with Crippen LogP contribution in [0.25, 0.3) is 22.6 Å². The van der Waals surface area contributed by atoms with Gasteiger partial charge in [0.15, 0.2) is 11.2 Å². The van der Waals surface area contributed by atoms with Crippen LogP contribution in [0.5, 0.6) is 0 Å². The van der Waals surface area contributed by atoms with Gasteiger partial charge in [0, 0.05) is 18.3 Å². The Bertz CT molecular complexity index is 1230. The Morgan fingerprint density at radius 2 is 2.07 bits per heavy atom. The molecule has 28 heavy (non-hydrogen) atoms. The van der Waals surface area contributed by atoms with Crippen molar-refractivity contribution in [3.05, 3.63) is 58.3 Å². The molecule has 3 N–H and O–H groups in total. The van der Waals surface area contributed by atoms with Crippen molar-refractivity contribution in [3.63, 3.8) is 0 Å². The molecule has 0 aliphatic heterocycles. The lowest BCUT2D eigenvalue weighted by Gasteiger charge is -2.06. The molecule has 0 spiro atoms. The minimum Gasteiger partial charge on any atom is -0.464 e. The Morgan fingerprint density at radius 3 is 2.82 bits per heavy atom. The van der Waals surface area contributed by atoms with Gasteiger partial charge in [-0.2, -0.15) is 4.98 Å². The predicted molar refractivity (Wildman–Crippen MR) is 96.6 cm³/mol. The SMILES string of the molecule is Nc1nc(-c2cccn2C(=O)O)c2nnn(Cc3cccc([N+](=O)[O-])c3)c2n1. The number of nitrogens with zero attached hydrogens (tertiary/aromatic N) is 7. The first-order valence-corrected chi connectivity index (χ1v) is 7.95. The van der Waals surface area contributed by atoms with Crippen LogP contribution in [0.2, 0.25) is 0 Å². The molecule has 0 unspecified atom stereocenters. The average molecular weight is 380 g/mol. The Labute approximate surface area is 156 Å². The molecule has 3 aromatic heterocycles. The second kappa shape index (κ2) is 6.42. The summed E-state index contributed by atoms with van der Waals surface area (Å²) in [4.78, 5) is 30.1. The van der Waals surface area contributed by atoms with Gasteiger partial charge in [0.1, 0.15) is 5.69 Å². The van der Waals surface area contributed by atoms with Crippen molar-refractivity contribution in [2.75, 3.05) is 5.73 Å². The number of nitro benzene ring substituents is 1. The van der Waals surface area contributed by atoms with Gasteiger partial charge in [-0.1, -0.05) is 17.3 Å². The van der Waals surface area contributed by atoms with E-state index in [0.29, 0.717) is 5.56 Å². The van der Waals surface area contributed by atoms with Crippen LogP contribution < -0.4 is 5.73 Å². The Balaban J connectivity index is 1.82. The fourth-order valence-corrected chi connectivity index (χ4v) is 2.84. The number of benzene rings is 1. The van der Waals surface area contributed by atoms with Crippen molar-refractivity contribution in [1.82, 2.24) is 29.5 Å². The number of fused-ring (bicyclic) bond motifs is 1. The Kier molecular flexibility index (Phi) is 3.92. The lowest BCUT2D eigenvalue weighted by molar-refractivity contribution is -0.384. The van der Waals surface area contributed by atoms with Gasteiger partial charge in [-0.25, -0.2) is 14.5 Å². The third kappa shape index (κ3) is 2.88. The van der Waals surface area contributed by atoms with Crippen molar-refractivity contribution >= 4 is 28.9 Å². The van der Waals surface area contributed by atoms with E-state index in [1.165, 1.54) is 23.0 Å². The zero-order chi connectivity index (χ0) is 19.8. The third-order valence-electron chi connectivity index (χ3n) is 4.03. The molecular weight excluding hydrogens is 368 g/mol. The van der Waals surface area contributed by atoms with Gasteiger partial charge in [-0.05, 0) is 17.7 Å². The number of nitrogen functional groups attached to an aromatic ring is 1. The Morgan fingerprint density at radius 1 is 1.25 bits per heavy atom. The van der Waals surface area contributed by atoms with Crippen molar-refractivity contribution in [2.24, 2.45) is 0 Å². The fraction of sp³-hybridized carbons (Fsp3) is 0.0625. The normalized spacial score (nSPS) is 11.0. The minimum absolute atomic E-state index is 0.0453.